The van der Waals surface area contributed by atoms with Gasteiger partial charge in [0, 0.05) is 24.5 Å². The third-order valence-electron chi connectivity index (χ3n) is 4.35. The van der Waals surface area contributed by atoms with Gasteiger partial charge < -0.3 is 15.0 Å². The van der Waals surface area contributed by atoms with Crippen molar-refractivity contribution in [2.24, 2.45) is 5.41 Å². The van der Waals surface area contributed by atoms with Crippen LogP contribution in [0.3, 0.4) is 0 Å². The van der Waals surface area contributed by atoms with E-state index in [1.165, 1.54) is 0 Å². The molecule has 0 bridgehead atoms. The Morgan fingerprint density at radius 3 is 2.50 bits per heavy atom. The van der Waals surface area contributed by atoms with E-state index in [1.54, 1.807) is 7.11 Å². The van der Waals surface area contributed by atoms with Crippen molar-refractivity contribution >= 4 is 11.8 Å². The fraction of sp³-hybridized carbons (Fsp3) is 0.579. The van der Waals surface area contributed by atoms with Crippen LogP contribution in [0.5, 0.6) is 5.75 Å². The highest BCUT2D eigenvalue weighted by Crippen LogP contribution is 2.18. The molecule has 2 rings (SSSR count). The van der Waals surface area contributed by atoms with Gasteiger partial charge in [-0.3, -0.25) is 9.59 Å². The van der Waals surface area contributed by atoms with E-state index in [0.29, 0.717) is 19.5 Å². The topological polar surface area (TPSA) is 58.6 Å². The largest absolute Gasteiger partial charge is 0.497 e. The monoisotopic (exact) mass is 332 g/mol. The highest BCUT2D eigenvalue weighted by Gasteiger charge is 2.27. The lowest BCUT2D eigenvalue weighted by molar-refractivity contribution is -0.132. The SMILES string of the molecule is COc1cccc(CC(=O)N2CCC(NC(=O)C(C)(C)C)CC2)c1. The van der Waals surface area contributed by atoms with E-state index in [9.17, 15) is 9.59 Å². The normalized spacial score (nSPS) is 15.9. The predicted molar refractivity (Wildman–Crippen MR) is 93.9 cm³/mol. The maximum absolute atomic E-state index is 12.5. The smallest absolute Gasteiger partial charge is 0.226 e. The van der Waals surface area contributed by atoms with E-state index >= 15 is 0 Å². The molecule has 1 aromatic rings. The Labute approximate surface area is 144 Å². The van der Waals surface area contributed by atoms with Crippen LogP contribution in [-0.4, -0.2) is 43.0 Å². The third kappa shape index (κ3) is 4.98. The summed E-state index contributed by atoms with van der Waals surface area (Å²) in [6.45, 7) is 7.12. The van der Waals surface area contributed by atoms with Gasteiger partial charge in [0.1, 0.15) is 5.75 Å². The van der Waals surface area contributed by atoms with Gasteiger partial charge in [-0.15, -0.1) is 0 Å². The number of rotatable bonds is 4. The second-order valence-corrected chi connectivity index (χ2v) is 7.41. The number of piperidine rings is 1. The molecule has 132 valence electrons. The van der Waals surface area contributed by atoms with E-state index in [2.05, 4.69) is 5.32 Å². The van der Waals surface area contributed by atoms with Gasteiger partial charge in [-0.1, -0.05) is 32.9 Å². The fourth-order valence-corrected chi connectivity index (χ4v) is 2.74. The standard InChI is InChI=1S/C19H28N2O3/c1-19(2,3)18(23)20-15-8-10-21(11-9-15)17(22)13-14-6-5-7-16(12-14)24-4/h5-7,12,15H,8-11,13H2,1-4H3,(H,20,23). The van der Waals surface area contributed by atoms with Gasteiger partial charge in [0.2, 0.25) is 11.8 Å². The first kappa shape index (κ1) is 18.3. The lowest BCUT2D eigenvalue weighted by Crippen LogP contribution is -2.49. The van der Waals surface area contributed by atoms with Gasteiger partial charge >= 0.3 is 0 Å². The van der Waals surface area contributed by atoms with Crippen LogP contribution in [0.4, 0.5) is 0 Å². The number of nitrogens with zero attached hydrogens (tertiary/aromatic N) is 1. The summed E-state index contributed by atoms with van der Waals surface area (Å²) in [5.41, 5.74) is 0.585. The molecule has 1 aliphatic heterocycles. The minimum Gasteiger partial charge on any atom is -0.497 e. The summed E-state index contributed by atoms with van der Waals surface area (Å²) < 4.78 is 5.20. The van der Waals surface area contributed by atoms with E-state index < -0.39 is 0 Å². The molecule has 0 aliphatic carbocycles. The van der Waals surface area contributed by atoms with Crippen LogP contribution in [-0.2, 0) is 16.0 Å². The Morgan fingerprint density at radius 2 is 1.92 bits per heavy atom. The average molecular weight is 332 g/mol. The van der Waals surface area contributed by atoms with Gasteiger partial charge in [0.15, 0.2) is 0 Å². The van der Waals surface area contributed by atoms with Crippen LogP contribution in [0.15, 0.2) is 24.3 Å². The lowest BCUT2D eigenvalue weighted by Gasteiger charge is -2.33. The van der Waals surface area contributed by atoms with E-state index in [1.807, 2.05) is 49.9 Å². The Hall–Kier alpha value is -2.04. The first-order valence-electron chi connectivity index (χ1n) is 8.51. The molecule has 1 aliphatic rings. The number of amides is 2. The van der Waals surface area contributed by atoms with Crippen LogP contribution < -0.4 is 10.1 Å². The van der Waals surface area contributed by atoms with Crippen molar-refractivity contribution < 1.29 is 14.3 Å². The molecule has 0 spiro atoms. The number of carbonyl (C=O) groups excluding carboxylic acids is 2. The number of hydrogen-bond acceptors (Lipinski definition) is 3. The molecule has 2 amide bonds. The molecular weight excluding hydrogens is 304 g/mol. The number of nitrogens with one attached hydrogen (secondary N) is 1. The molecule has 1 heterocycles. The highest BCUT2D eigenvalue weighted by atomic mass is 16.5. The number of ether oxygens (including phenoxy) is 1. The first-order chi connectivity index (χ1) is 11.3. The van der Waals surface area contributed by atoms with Crippen LogP contribution in [0.1, 0.15) is 39.2 Å². The maximum atomic E-state index is 12.5. The molecule has 1 N–H and O–H groups in total. The van der Waals surface area contributed by atoms with Crippen molar-refractivity contribution in [3.8, 4) is 5.75 Å². The summed E-state index contributed by atoms with van der Waals surface area (Å²) in [5, 5.41) is 3.09. The second-order valence-electron chi connectivity index (χ2n) is 7.41. The lowest BCUT2D eigenvalue weighted by atomic mass is 9.94. The highest BCUT2D eigenvalue weighted by molar-refractivity contribution is 5.82. The van der Waals surface area contributed by atoms with Gasteiger partial charge in [0.25, 0.3) is 0 Å². The van der Waals surface area contributed by atoms with Crippen LogP contribution >= 0.6 is 0 Å². The first-order valence-corrected chi connectivity index (χ1v) is 8.51. The van der Waals surface area contributed by atoms with Gasteiger partial charge in [-0.2, -0.15) is 0 Å². The number of benzene rings is 1. The summed E-state index contributed by atoms with van der Waals surface area (Å²) in [4.78, 5) is 26.4. The zero-order valence-corrected chi connectivity index (χ0v) is 15.1. The molecule has 24 heavy (non-hydrogen) atoms. The molecule has 1 fully saturated rings. The van der Waals surface area contributed by atoms with E-state index in [0.717, 1.165) is 24.2 Å². The van der Waals surface area contributed by atoms with Crippen molar-refractivity contribution in [1.82, 2.24) is 10.2 Å². The Balaban J connectivity index is 1.83. The molecule has 0 atom stereocenters. The predicted octanol–water partition coefficient (Wildman–Crippen LogP) is 2.39. The average Bonchev–Trinajstić information content (AvgIpc) is 2.54. The zero-order chi connectivity index (χ0) is 17.7. The maximum Gasteiger partial charge on any atom is 0.226 e. The summed E-state index contributed by atoms with van der Waals surface area (Å²) in [6.07, 6.45) is 2.01. The summed E-state index contributed by atoms with van der Waals surface area (Å²) in [6, 6.07) is 7.77. The quantitative estimate of drug-likeness (QED) is 0.921. The van der Waals surface area contributed by atoms with E-state index in [4.69, 9.17) is 4.74 Å². The molecule has 0 unspecified atom stereocenters. The Bertz CT molecular complexity index is 585. The molecular formula is C19H28N2O3. The minimum atomic E-state index is -0.376. The Morgan fingerprint density at radius 1 is 1.25 bits per heavy atom. The summed E-state index contributed by atoms with van der Waals surface area (Å²) >= 11 is 0. The van der Waals surface area contributed by atoms with Crippen LogP contribution in [0, 0.1) is 5.41 Å². The van der Waals surface area contributed by atoms with Crippen molar-refractivity contribution in [2.45, 2.75) is 46.1 Å². The molecule has 0 aromatic heterocycles. The molecule has 0 saturated carbocycles. The molecule has 1 aromatic carbocycles. The van der Waals surface area contributed by atoms with Gasteiger partial charge in [-0.05, 0) is 30.5 Å². The third-order valence-corrected chi connectivity index (χ3v) is 4.35. The summed E-state index contributed by atoms with van der Waals surface area (Å²) in [5.74, 6) is 0.969. The van der Waals surface area contributed by atoms with Crippen LogP contribution in [0.2, 0.25) is 0 Å². The second kappa shape index (κ2) is 7.69. The van der Waals surface area contributed by atoms with E-state index in [-0.39, 0.29) is 23.3 Å². The number of carbonyl (C=O) groups is 2. The molecule has 5 heteroatoms. The fourth-order valence-electron chi connectivity index (χ4n) is 2.74. The minimum absolute atomic E-state index is 0.0728. The van der Waals surface area contributed by atoms with Gasteiger partial charge in [-0.25, -0.2) is 0 Å². The molecule has 5 nitrogen and oxygen atoms in total. The van der Waals surface area contributed by atoms with Gasteiger partial charge in [0.05, 0.1) is 13.5 Å². The summed E-state index contributed by atoms with van der Waals surface area (Å²) in [7, 11) is 1.62. The van der Waals surface area contributed by atoms with Crippen LogP contribution in [0.25, 0.3) is 0 Å². The number of hydrogen-bond donors (Lipinski definition) is 1. The van der Waals surface area contributed by atoms with Crippen molar-refractivity contribution in [1.29, 1.82) is 0 Å². The molecule has 0 radical (unpaired) electrons. The van der Waals surface area contributed by atoms with Crippen molar-refractivity contribution in [3.05, 3.63) is 29.8 Å². The molecule has 1 saturated heterocycles. The van der Waals surface area contributed by atoms with Crippen molar-refractivity contribution in [2.75, 3.05) is 20.2 Å². The number of likely N-dealkylation sites (tertiary alicyclic amines) is 1. The van der Waals surface area contributed by atoms with Crippen molar-refractivity contribution in [3.63, 3.8) is 0 Å². The Kier molecular flexibility index (Phi) is 5.86. The zero-order valence-electron chi connectivity index (χ0n) is 15.1. The number of methoxy groups -OCH3 is 1.